The predicted molar refractivity (Wildman–Crippen MR) is 107 cm³/mol. The molecule has 0 aliphatic rings. The molecule has 29 heavy (non-hydrogen) atoms. The monoisotopic (exact) mass is 390 g/mol. The van der Waals surface area contributed by atoms with Crippen molar-refractivity contribution in [3.8, 4) is 22.9 Å². The van der Waals surface area contributed by atoms with Gasteiger partial charge in [-0.2, -0.15) is 5.10 Å². The number of aryl methyl sites for hydroxylation is 3. The summed E-state index contributed by atoms with van der Waals surface area (Å²) in [6.45, 7) is 1.99. The summed E-state index contributed by atoms with van der Waals surface area (Å²) in [5.41, 5.74) is 3.31. The highest BCUT2D eigenvalue weighted by Crippen LogP contribution is 2.31. The van der Waals surface area contributed by atoms with Gasteiger partial charge in [-0.1, -0.05) is 0 Å². The largest absolute Gasteiger partial charge is 0.331 e. The number of nitrogens with zero attached hydrogens (tertiary/aromatic N) is 7. The number of aromatic amines is 2. The molecular formula is C18H18N10O. The third kappa shape index (κ3) is 2.79. The lowest BCUT2D eigenvalue weighted by Crippen LogP contribution is -2.06. The van der Waals surface area contributed by atoms with Gasteiger partial charge < -0.3 is 9.88 Å². The highest BCUT2D eigenvalue weighted by molar-refractivity contribution is 5.83. The average molecular weight is 390 g/mol. The summed E-state index contributed by atoms with van der Waals surface area (Å²) < 4.78 is 5.37. The molecule has 0 aliphatic carbocycles. The third-order valence-corrected chi connectivity index (χ3v) is 4.74. The molecule has 5 aromatic heterocycles. The maximum atomic E-state index is 11.5. The number of rotatable bonds is 4. The van der Waals surface area contributed by atoms with Crippen LogP contribution in [0.3, 0.4) is 0 Å². The molecule has 146 valence electrons. The molecule has 5 rings (SSSR count). The van der Waals surface area contributed by atoms with E-state index in [2.05, 4.69) is 30.7 Å². The fourth-order valence-electron chi connectivity index (χ4n) is 3.34. The molecular weight excluding hydrogens is 372 g/mol. The highest BCUT2D eigenvalue weighted by Gasteiger charge is 2.19. The van der Waals surface area contributed by atoms with Crippen LogP contribution in [0.25, 0.3) is 28.4 Å². The Morgan fingerprint density at radius 3 is 2.66 bits per heavy atom. The minimum absolute atomic E-state index is 0.233. The number of H-pyrrole nitrogens is 2. The van der Waals surface area contributed by atoms with Crippen LogP contribution in [0.5, 0.6) is 0 Å². The first-order valence-corrected chi connectivity index (χ1v) is 8.92. The zero-order valence-corrected chi connectivity index (χ0v) is 16.0. The highest BCUT2D eigenvalue weighted by atomic mass is 16.1. The average Bonchev–Trinajstić information content (AvgIpc) is 3.45. The molecule has 0 fully saturated rings. The molecule has 0 atom stereocenters. The van der Waals surface area contributed by atoms with Gasteiger partial charge in [0, 0.05) is 50.5 Å². The van der Waals surface area contributed by atoms with Crippen LogP contribution in [0.1, 0.15) is 5.56 Å². The molecule has 0 aromatic carbocycles. The van der Waals surface area contributed by atoms with Gasteiger partial charge in [-0.3, -0.25) is 19.7 Å². The van der Waals surface area contributed by atoms with Crippen molar-refractivity contribution in [3.05, 3.63) is 52.8 Å². The Kier molecular flexibility index (Phi) is 3.63. The normalized spacial score (nSPS) is 11.4. The van der Waals surface area contributed by atoms with Crippen LogP contribution in [-0.4, -0.2) is 44.1 Å². The van der Waals surface area contributed by atoms with Crippen LogP contribution >= 0.6 is 0 Å². The molecule has 5 aromatic rings. The molecule has 11 nitrogen and oxygen atoms in total. The second-order valence-corrected chi connectivity index (χ2v) is 6.78. The lowest BCUT2D eigenvalue weighted by molar-refractivity contribution is 0.770. The Balaban J connectivity index is 1.75. The van der Waals surface area contributed by atoms with Crippen molar-refractivity contribution in [3.63, 3.8) is 0 Å². The van der Waals surface area contributed by atoms with E-state index in [0.717, 1.165) is 22.3 Å². The van der Waals surface area contributed by atoms with Crippen molar-refractivity contribution in [2.24, 2.45) is 14.1 Å². The van der Waals surface area contributed by atoms with Gasteiger partial charge in [-0.15, -0.1) is 5.10 Å². The van der Waals surface area contributed by atoms with Crippen LogP contribution in [0, 0.1) is 6.92 Å². The second-order valence-electron chi connectivity index (χ2n) is 6.78. The molecule has 3 N–H and O–H groups in total. The SMILES string of the molecule is Cc1c(-c2ccn(C)n2)cn2nc(-c3nccn3C)nc(Nc3cc(=O)[nH][nH]3)c12. The fourth-order valence-corrected chi connectivity index (χ4v) is 3.34. The van der Waals surface area contributed by atoms with Crippen LogP contribution < -0.4 is 10.9 Å². The van der Waals surface area contributed by atoms with Crippen molar-refractivity contribution in [1.82, 2.24) is 44.1 Å². The number of aromatic nitrogens is 9. The van der Waals surface area contributed by atoms with E-state index in [9.17, 15) is 4.79 Å². The summed E-state index contributed by atoms with van der Waals surface area (Å²) in [6, 6.07) is 3.38. The maximum absolute atomic E-state index is 11.5. The molecule has 0 aliphatic heterocycles. The fraction of sp³-hybridized carbons (Fsp3) is 0.167. The molecule has 0 unspecified atom stereocenters. The number of hydrogen-bond donors (Lipinski definition) is 3. The van der Waals surface area contributed by atoms with Crippen LogP contribution in [0.15, 0.2) is 41.7 Å². The van der Waals surface area contributed by atoms with Crippen molar-refractivity contribution < 1.29 is 0 Å². The first-order chi connectivity index (χ1) is 14.0. The zero-order valence-electron chi connectivity index (χ0n) is 16.0. The molecule has 11 heteroatoms. The van der Waals surface area contributed by atoms with Gasteiger partial charge in [0.25, 0.3) is 5.56 Å². The Bertz CT molecular complexity index is 1400. The van der Waals surface area contributed by atoms with Crippen LogP contribution in [-0.2, 0) is 14.1 Å². The number of nitrogens with one attached hydrogen (secondary N) is 3. The topological polar surface area (TPSA) is 127 Å². The predicted octanol–water partition coefficient (Wildman–Crippen LogP) is 1.60. The quantitative estimate of drug-likeness (QED) is 0.428. The van der Waals surface area contributed by atoms with Gasteiger partial charge in [0.2, 0.25) is 5.82 Å². The van der Waals surface area contributed by atoms with Crippen molar-refractivity contribution in [2.75, 3.05) is 5.32 Å². The van der Waals surface area contributed by atoms with Gasteiger partial charge in [0.05, 0.1) is 5.69 Å². The van der Waals surface area contributed by atoms with E-state index < -0.39 is 0 Å². The number of anilines is 2. The van der Waals surface area contributed by atoms with Gasteiger partial charge in [0.15, 0.2) is 11.6 Å². The minimum atomic E-state index is -0.233. The van der Waals surface area contributed by atoms with Gasteiger partial charge >= 0.3 is 0 Å². The first kappa shape index (κ1) is 17.0. The standard InChI is InChI=1S/C18H18N10O/c1-10-11(12-4-6-27(3)24-12)9-28-15(10)16(20-13-8-14(29)23-22-13)21-17(25-28)18-19-5-7-26(18)2/h4-9H,1-3H3,(H3,20,21,22,23,25,29). The number of fused-ring (bicyclic) bond motifs is 1. The molecule has 0 saturated carbocycles. The lowest BCUT2D eigenvalue weighted by atomic mass is 10.1. The summed E-state index contributed by atoms with van der Waals surface area (Å²) in [5, 5.41) is 17.7. The van der Waals surface area contributed by atoms with E-state index in [1.165, 1.54) is 6.07 Å². The molecule has 0 radical (unpaired) electrons. The summed E-state index contributed by atoms with van der Waals surface area (Å²) in [6.07, 6.45) is 7.34. The summed E-state index contributed by atoms with van der Waals surface area (Å²) >= 11 is 0. The Morgan fingerprint density at radius 1 is 1.14 bits per heavy atom. The molecule has 0 amide bonds. The zero-order chi connectivity index (χ0) is 20.1. The Hall–Kier alpha value is -4.15. The number of hydrogen-bond acceptors (Lipinski definition) is 6. The number of imidazole rings is 1. The van der Waals surface area contributed by atoms with Crippen molar-refractivity contribution >= 4 is 17.2 Å². The molecule has 0 bridgehead atoms. The van der Waals surface area contributed by atoms with Gasteiger partial charge in [0.1, 0.15) is 11.3 Å². The van der Waals surface area contributed by atoms with Crippen molar-refractivity contribution in [1.29, 1.82) is 0 Å². The maximum Gasteiger partial charge on any atom is 0.266 e. The third-order valence-electron chi connectivity index (χ3n) is 4.74. The Labute approximate surface area is 164 Å². The van der Waals surface area contributed by atoms with Crippen LogP contribution in [0.2, 0.25) is 0 Å². The van der Waals surface area contributed by atoms with E-state index in [1.807, 2.05) is 50.2 Å². The first-order valence-electron chi connectivity index (χ1n) is 8.92. The van der Waals surface area contributed by atoms with E-state index in [1.54, 1.807) is 15.4 Å². The van der Waals surface area contributed by atoms with E-state index in [4.69, 9.17) is 4.98 Å². The molecule has 0 spiro atoms. The second kappa shape index (κ2) is 6.19. The molecule has 5 heterocycles. The smallest absolute Gasteiger partial charge is 0.266 e. The minimum Gasteiger partial charge on any atom is -0.331 e. The van der Waals surface area contributed by atoms with Crippen molar-refractivity contribution in [2.45, 2.75) is 6.92 Å². The summed E-state index contributed by atoms with van der Waals surface area (Å²) in [7, 11) is 3.76. The lowest BCUT2D eigenvalue weighted by Gasteiger charge is -2.09. The van der Waals surface area contributed by atoms with Gasteiger partial charge in [-0.05, 0) is 18.6 Å². The van der Waals surface area contributed by atoms with E-state index in [0.29, 0.717) is 23.3 Å². The van der Waals surface area contributed by atoms with E-state index >= 15 is 0 Å². The van der Waals surface area contributed by atoms with Gasteiger partial charge in [-0.25, -0.2) is 14.5 Å². The Morgan fingerprint density at radius 2 is 2.00 bits per heavy atom. The molecule has 0 saturated heterocycles. The van der Waals surface area contributed by atoms with E-state index in [-0.39, 0.29) is 5.56 Å². The van der Waals surface area contributed by atoms with Crippen LogP contribution in [0.4, 0.5) is 11.6 Å². The summed E-state index contributed by atoms with van der Waals surface area (Å²) in [4.78, 5) is 20.6. The summed E-state index contributed by atoms with van der Waals surface area (Å²) in [5.74, 6) is 2.13.